The summed E-state index contributed by atoms with van der Waals surface area (Å²) in [6, 6.07) is 0. The summed E-state index contributed by atoms with van der Waals surface area (Å²) in [6.45, 7) is 14.7. The molecule has 0 amide bonds. The molecule has 0 aromatic rings. The molecule has 0 aliphatic heterocycles. The van der Waals surface area contributed by atoms with E-state index >= 15 is 0 Å². The zero-order chi connectivity index (χ0) is 16.8. The van der Waals surface area contributed by atoms with Crippen LogP contribution in [0.5, 0.6) is 0 Å². The molecule has 0 heterocycles. The summed E-state index contributed by atoms with van der Waals surface area (Å²) in [5.41, 5.74) is 0.655. The van der Waals surface area contributed by atoms with E-state index in [-0.39, 0.29) is 16.6 Å². The SMILES string of the molecule is C=CC(C)(O)CC[C@]1(C)[C@H](C)CC[C@@]2(C)C(C)=CC(=O)C[C@H]12. The lowest BCUT2D eigenvalue weighted by molar-refractivity contribution is -0.124. The van der Waals surface area contributed by atoms with Gasteiger partial charge >= 0.3 is 0 Å². The molecule has 1 N–H and O–H groups in total. The van der Waals surface area contributed by atoms with Gasteiger partial charge in [-0.2, -0.15) is 0 Å². The maximum Gasteiger partial charge on any atom is 0.155 e. The molecule has 1 unspecified atom stereocenters. The number of ketones is 1. The predicted molar refractivity (Wildman–Crippen MR) is 91.5 cm³/mol. The van der Waals surface area contributed by atoms with Crippen LogP contribution in [-0.4, -0.2) is 16.5 Å². The monoisotopic (exact) mass is 304 g/mol. The average Bonchev–Trinajstić information content (AvgIpc) is 2.45. The summed E-state index contributed by atoms with van der Waals surface area (Å²) in [6.07, 6.45) is 8.17. The summed E-state index contributed by atoms with van der Waals surface area (Å²) in [7, 11) is 0. The lowest BCUT2D eigenvalue weighted by atomic mass is 9.46. The van der Waals surface area contributed by atoms with Gasteiger partial charge in [-0.05, 0) is 68.3 Å². The van der Waals surface area contributed by atoms with Gasteiger partial charge in [0.25, 0.3) is 0 Å². The fourth-order valence-electron chi connectivity index (χ4n) is 4.73. The Hall–Kier alpha value is -0.890. The zero-order valence-electron chi connectivity index (χ0n) is 14.9. The van der Waals surface area contributed by atoms with Gasteiger partial charge in [-0.15, -0.1) is 6.58 Å². The highest BCUT2D eigenvalue weighted by Gasteiger charge is 2.54. The van der Waals surface area contributed by atoms with Gasteiger partial charge in [0.2, 0.25) is 0 Å². The predicted octanol–water partition coefficient (Wildman–Crippen LogP) is 4.68. The van der Waals surface area contributed by atoms with Gasteiger partial charge in [-0.25, -0.2) is 0 Å². The Bertz CT molecular complexity index is 502. The van der Waals surface area contributed by atoms with Crippen molar-refractivity contribution >= 4 is 5.78 Å². The lowest BCUT2D eigenvalue weighted by Crippen LogP contribution is -2.51. The van der Waals surface area contributed by atoms with Gasteiger partial charge in [0.05, 0.1) is 5.60 Å². The first-order valence-corrected chi connectivity index (χ1v) is 8.63. The van der Waals surface area contributed by atoms with Crippen molar-refractivity contribution in [3.05, 3.63) is 24.3 Å². The lowest BCUT2D eigenvalue weighted by Gasteiger charge is -2.58. The van der Waals surface area contributed by atoms with Gasteiger partial charge in [0.1, 0.15) is 0 Å². The first-order valence-electron chi connectivity index (χ1n) is 8.63. The normalized spacial score (nSPS) is 41.4. The molecule has 2 aliphatic carbocycles. The molecule has 5 atom stereocenters. The number of aliphatic hydroxyl groups is 1. The number of hydrogen-bond acceptors (Lipinski definition) is 2. The molecule has 1 fully saturated rings. The Balaban J connectivity index is 2.34. The van der Waals surface area contributed by atoms with Crippen LogP contribution in [0.4, 0.5) is 0 Å². The van der Waals surface area contributed by atoms with Crippen LogP contribution in [0, 0.1) is 22.7 Å². The van der Waals surface area contributed by atoms with E-state index in [0.29, 0.717) is 24.7 Å². The third-order valence-electron chi connectivity index (χ3n) is 7.08. The molecular formula is C20H32O2. The van der Waals surface area contributed by atoms with Crippen LogP contribution in [-0.2, 0) is 4.79 Å². The molecule has 0 radical (unpaired) electrons. The maximum absolute atomic E-state index is 12.2. The largest absolute Gasteiger partial charge is 0.386 e. The third kappa shape index (κ3) is 2.82. The summed E-state index contributed by atoms with van der Waals surface area (Å²) >= 11 is 0. The first kappa shape index (κ1) is 17.5. The average molecular weight is 304 g/mol. The minimum Gasteiger partial charge on any atom is -0.386 e. The Morgan fingerprint density at radius 2 is 2.14 bits per heavy atom. The van der Waals surface area contributed by atoms with E-state index in [9.17, 15) is 9.90 Å². The minimum absolute atomic E-state index is 0.0885. The van der Waals surface area contributed by atoms with Crippen LogP contribution >= 0.6 is 0 Å². The van der Waals surface area contributed by atoms with Crippen LogP contribution in [0.2, 0.25) is 0 Å². The topological polar surface area (TPSA) is 37.3 Å². The molecule has 1 saturated carbocycles. The van der Waals surface area contributed by atoms with Crippen molar-refractivity contribution in [3.8, 4) is 0 Å². The Labute approximate surface area is 135 Å². The molecule has 0 bridgehead atoms. The van der Waals surface area contributed by atoms with Gasteiger partial charge in [-0.1, -0.05) is 32.4 Å². The van der Waals surface area contributed by atoms with E-state index in [1.165, 1.54) is 18.4 Å². The van der Waals surface area contributed by atoms with Crippen LogP contribution in [0.1, 0.15) is 66.7 Å². The van der Waals surface area contributed by atoms with Crippen LogP contribution < -0.4 is 0 Å². The molecule has 0 aromatic heterocycles. The molecule has 0 saturated heterocycles. The number of carbonyl (C=O) groups excluding carboxylic acids is 1. The number of rotatable bonds is 4. The fraction of sp³-hybridized carbons (Fsp3) is 0.750. The zero-order valence-corrected chi connectivity index (χ0v) is 14.9. The number of carbonyl (C=O) groups is 1. The van der Waals surface area contributed by atoms with Gasteiger partial charge in [-0.3, -0.25) is 4.79 Å². The van der Waals surface area contributed by atoms with Crippen molar-refractivity contribution in [3.63, 3.8) is 0 Å². The molecular weight excluding hydrogens is 272 g/mol. The first-order chi connectivity index (χ1) is 10.0. The standard InChI is InChI=1S/C20H32O2/c1-7-18(4,22)10-11-20(6)14(2)8-9-19(5)15(3)12-16(21)13-17(19)20/h7,12,14,17,22H,1,8-11,13H2,2-6H3/t14-,17+,18?,19+,20-/m1/s1. The Kier molecular flexibility index (Phi) is 4.47. The van der Waals surface area contributed by atoms with Crippen LogP contribution in [0.25, 0.3) is 0 Å². The van der Waals surface area contributed by atoms with Crippen molar-refractivity contribution in [2.24, 2.45) is 22.7 Å². The van der Waals surface area contributed by atoms with Gasteiger partial charge in [0, 0.05) is 6.42 Å². The van der Waals surface area contributed by atoms with Crippen molar-refractivity contribution in [2.45, 2.75) is 72.3 Å². The van der Waals surface area contributed by atoms with Gasteiger partial charge < -0.3 is 5.11 Å². The molecule has 0 aromatic carbocycles. The highest BCUT2D eigenvalue weighted by Crippen LogP contribution is 2.61. The molecule has 2 aliphatic rings. The van der Waals surface area contributed by atoms with Crippen molar-refractivity contribution in [1.29, 1.82) is 0 Å². The van der Waals surface area contributed by atoms with Crippen molar-refractivity contribution in [2.75, 3.05) is 0 Å². The maximum atomic E-state index is 12.2. The second-order valence-corrected chi connectivity index (χ2v) is 8.47. The van der Waals surface area contributed by atoms with E-state index in [2.05, 4.69) is 34.3 Å². The number of allylic oxidation sites excluding steroid dienone is 2. The summed E-state index contributed by atoms with van der Waals surface area (Å²) in [5.74, 6) is 1.22. The smallest absolute Gasteiger partial charge is 0.155 e. The summed E-state index contributed by atoms with van der Waals surface area (Å²) in [4.78, 5) is 12.2. The molecule has 0 spiro atoms. The molecule has 22 heavy (non-hydrogen) atoms. The van der Waals surface area contributed by atoms with Crippen molar-refractivity contribution < 1.29 is 9.90 Å². The second-order valence-electron chi connectivity index (χ2n) is 8.47. The summed E-state index contributed by atoms with van der Waals surface area (Å²) in [5, 5.41) is 10.3. The fourth-order valence-corrected chi connectivity index (χ4v) is 4.73. The van der Waals surface area contributed by atoms with E-state index in [1.54, 1.807) is 6.08 Å². The van der Waals surface area contributed by atoms with Crippen LogP contribution in [0.3, 0.4) is 0 Å². The quantitative estimate of drug-likeness (QED) is 0.766. The van der Waals surface area contributed by atoms with E-state index in [0.717, 1.165) is 6.42 Å². The van der Waals surface area contributed by atoms with E-state index in [4.69, 9.17) is 0 Å². The number of fused-ring (bicyclic) bond motifs is 1. The van der Waals surface area contributed by atoms with Gasteiger partial charge in [0.15, 0.2) is 5.78 Å². The highest BCUT2D eigenvalue weighted by atomic mass is 16.3. The second kappa shape index (κ2) is 5.63. The van der Waals surface area contributed by atoms with Crippen molar-refractivity contribution in [1.82, 2.24) is 0 Å². The number of hydrogen-bond donors (Lipinski definition) is 1. The van der Waals surface area contributed by atoms with Crippen LogP contribution in [0.15, 0.2) is 24.3 Å². The minimum atomic E-state index is -0.819. The summed E-state index contributed by atoms with van der Waals surface area (Å²) < 4.78 is 0. The third-order valence-corrected chi connectivity index (χ3v) is 7.08. The Morgan fingerprint density at radius 3 is 2.73 bits per heavy atom. The van der Waals surface area contributed by atoms with E-state index < -0.39 is 5.60 Å². The Morgan fingerprint density at radius 1 is 1.50 bits per heavy atom. The van der Waals surface area contributed by atoms with E-state index in [1.807, 2.05) is 13.0 Å². The molecule has 124 valence electrons. The molecule has 2 heteroatoms. The highest BCUT2D eigenvalue weighted by molar-refractivity contribution is 5.92. The molecule has 2 rings (SSSR count). The molecule has 2 nitrogen and oxygen atoms in total.